The standard InChI is InChI=1S/C23H24N4O2S/c1-3-27-22-11-7-6-10-21(22)25-23(27)24-16-18-8-4-5-9-20(18)26-30(28,29)19-14-12-17(2)13-15-19/h4-15,26H,3,16H2,1-2H3,(H,24,25). The fraction of sp³-hybridized carbons (Fsp3) is 0.174. The summed E-state index contributed by atoms with van der Waals surface area (Å²) in [7, 11) is -3.67. The number of benzene rings is 3. The van der Waals surface area contributed by atoms with Crippen molar-refractivity contribution in [3.63, 3.8) is 0 Å². The molecule has 0 bridgehead atoms. The van der Waals surface area contributed by atoms with Crippen molar-refractivity contribution in [2.24, 2.45) is 0 Å². The first kappa shape index (κ1) is 20.0. The number of sulfonamides is 1. The maximum Gasteiger partial charge on any atom is 0.261 e. The van der Waals surface area contributed by atoms with Crippen LogP contribution in [0.15, 0.2) is 77.7 Å². The number of aromatic nitrogens is 2. The molecule has 0 unspecified atom stereocenters. The Morgan fingerprint density at radius 2 is 1.63 bits per heavy atom. The average Bonchev–Trinajstić information content (AvgIpc) is 3.10. The number of hydrogen-bond donors (Lipinski definition) is 2. The Balaban J connectivity index is 1.58. The van der Waals surface area contributed by atoms with Crippen LogP contribution in [0.25, 0.3) is 11.0 Å². The number of para-hydroxylation sites is 3. The van der Waals surface area contributed by atoms with Crippen molar-refractivity contribution < 1.29 is 8.42 Å². The highest BCUT2D eigenvalue weighted by Crippen LogP contribution is 2.23. The van der Waals surface area contributed by atoms with Gasteiger partial charge in [0.15, 0.2) is 0 Å². The molecule has 0 atom stereocenters. The number of nitrogens with zero attached hydrogens (tertiary/aromatic N) is 2. The highest BCUT2D eigenvalue weighted by Gasteiger charge is 2.16. The van der Waals surface area contributed by atoms with Gasteiger partial charge in [0.25, 0.3) is 10.0 Å². The largest absolute Gasteiger partial charge is 0.351 e. The smallest absolute Gasteiger partial charge is 0.261 e. The van der Waals surface area contributed by atoms with Gasteiger partial charge in [0.05, 0.1) is 21.6 Å². The molecule has 154 valence electrons. The lowest BCUT2D eigenvalue weighted by atomic mass is 10.2. The number of nitrogens with one attached hydrogen (secondary N) is 2. The fourth-order valence-electron chi connectivity index (χ4n) is 3.40. The third kappa shape index (κ3) is 4.02. The second-order valence-corrected chi connectivity index (χ2v) is 8.78. The lowest BCUT2D eigenvalue weighted by Gasteiger charge is -2.14. The molecule has 0 saturated carbocycles. The van der Waals surface area contributed by atoms with Crippen molar-refractivity contribution in [3.8, 4) is 0 Å². The summed E-state index contributed by atoms with van der Waals surface area (Å²) >= 11 is 0. The van der Waals surface area contributed by atoms with Crippen LogP contribution in [-0.4, -0.2) is 18.0 Å². The molecule has 0 saturated heterocycles. The van der Waals surface area contributed by atoms with Crippen LogP contribution in [0.1, 0.15) is 18.1 Å². The zero-order chi connectivity index (χ0) is 21.1. The van der Waals surface area contributed by atoms with Crippen molar-refractivity contribution in [1.82, 2.24) is 9.55 Å². The third-order valence-electron chi connectivity index (χ3n) is 5.00. The molecule has 4 rings (SSSR count). The Bertz CT molecular complexity index is 1280. The first-order chi connectivity index (χ1) is 14.5. The summed E-state index contributed by atoms with van der Waals surface area (Å²) in [5.41, 5.74) is 4.39. The summed E-state index contributed by atoms with van der Waals surface area (Å²) in [6.45, 7) is 5.22. The van der Waals surface area contributed by atoms with Gasteiger partial charge in [-0.1, -0.05) is 48.0 Å². The van der Waals surface area contributed by atoms with E-state index in [1.165, 1.54) is 0 Å². The minimum absolute atomic E-state index is 0.239. The fourth-order valence-corrected chi connectivity index (χ4v) is 4.50. The summed E-state index contributed by atoms with van der Waals surface area (Å²) in [5, 5.41) is 3.36. The summed E-state index contributed by atoms with van der Waals surface area (Å²) in [6, 6.07) is 22.2. The Morgan fingerprint density at radius 1 is 0.933 bits per heavy atom. The van der Waals surface area contributed by atoms with E-state index in [0.717, 1.165) is 34.7 Å². The number of aryl methyl sites for hydroxylation is 2. The van der Waals surface area contributed by atoms with E-state index >= 15 is 0 Å². The van der Waals surface area contributed by atoms with Gasteiger partial charge in [0.2, 0.25) is 5.95 Å². The molecule has 1 heterocycles. The van der Waals surface area contributed by atoms with Gasteiger partial charge in [-0.05, 0) is 49.7 Å². The van der Waals surface area contributed by atoms with Crippen LogP contribution in [0.5, 0.6) is 0 Å². The quantitative estimate of drug-likeness (QED) is 0.451. The van der Waals surface area contributed by atoms with Crippen molar-refractivity contribution in [1.29, 1.82) is 0 Å². The van der Waals surface area contributed by atoms with E-state index in [-0.39, 0.29) is 4.90 Å². The molecular weight excluding hydrogens is 396 g/mol. The van der Waals surface area contributed by atoms with Crippen LogP contribution < -0.4 is 10.0 Å². The van der Waals surface area contributed by atoms with Gasteiger partial charge in [-0.2, -0.15) is 0 Å². The van der Waals surface area contributed by atoms with E-state index < -0.39 is 10.0 Å². The predicted molar refractivity (Wildman–Crippen MR) is 121 cm³/mol. The number of imidazole rings is 1. The lowest BCUT2D eigenvalue weighted by molar-refractivity contribution is 0.601. The molecule has 2 N–H and O–H groups in total. The van der Waals surface area contributed by atoms with Crippen LogP contribution in [0.4, 0.5) is 11.6 Å². The predicted octanol–water partition coefficient (Wildman–Crippen LogP) is 4.78. The first-order valence-corrected chi connectivity index (χ1v) is 11.3. The van der Waals surface area contributed by atoms with Gasteiger partial charge in [-0.15, -0.1) is 0 Å². The average molecular weight is 421 g/mol. The van der Waals surface area contributed by atoms with Gasteiger partial charge in [0, 0.05) is 13.1 Å². The zero-order valence-electron chi connectivity index (χ0n) is 17.0. The Hall–Kier alpha value is -3.32. The van der Waals surface area contributed by atoms with E-state index in [4.69, 9.17) is 0 Å². The highest BCUT2D eigenvalue weighted by atomic mass is 32.2. The maximum absolute atomic E-state index is 12.8. The van der Waals surface area contributed by atoms with Crippen LogP contribution in [0.3, 0.4) is 0 Å². The Morgan fingerprint density at radius 3 is 2.40 bits per heavy atom. The molecule has 0 aliphatic heterocycles. The monoisotopic (exact) mass is 420 g/mol. The van der Waals surface area contributed by atoms with E-state index in [0.29, 0.717) is 12.2 Å². The normalized spacial score (nSPS) is 11.5. The molecule has 3 aromatic carbocycles. The number of hydrogen-bond acceptors (Lipinski definition) is 4. The summed E-state index contributed by atoms with van der Waals surface area (Å²) in [4.78, 5) is 4.91. The molecule has 0 aliphatic carbocycles. The van der Waals surface area contributed by atoms with Crippen molar-refractivity contribution in [2.75, 3.05) is 10.0 Å². The summed E-state index contributed by atoms with van der Waals surface area (Å²) < 4.78 is 30.4. The second kappa shape index (κ2) is 8.20. The SMILES string of the molecule is CCn1c(NCc2ccccc2NS(=O)(=O)c2ccc(C)cc2)nc2ccccc21. The van der Waals surface area contributed by atoms with Crippen LogP contribution in [0, 0.1) is 6.92 Å². The molecule has 0 fully saturated rings. The van der Waals surface area contributed by atoms with Crippen molar-refractivity contribution in [3.05, 3.63) is 83.9 Å². The first-order valence-electron chi connectivity index (χ1n) is 9.84. The van der Waals surface area contributed by atoms with Gasteiger partial charge in [0.1, 0.15) is 0 Å². The van der Waals surface area contributed by atoms with Crippen molar-refractivity contribution in [2.45, 2.75) is 31.8 Å². The number of anilines is 2. The van der Waals surface area contributed by atoms with E-state index in [1.807, 2.05) is 49.4 Å². The molecular formula is C23H24N4O2S. The second-order valence-electron chi connectivity index (χ2n) is 7.10. The highest BCUT2D eigenvalue weighted by molar-refractivity contribution is 7.92. The van der Waals surface area contributed by atoms with E-state index in [1.54, 1.807) is 30.3 Å². The Labute approximate surface area is 176 Å². The van der Waals surface area contributed by atoms with Gasteiger partial charge in [-0.3, -0.25) is 4.72 Å². The summed E-state index contributed by atoms with van der Waals surface area (Å²) in [5.74, 6) is 0.759. The topological polar surface area (TPSA) is 76.0 Å². The van der Waals surface area contributed by atoms with Crippen molar-refractivity contribution >= 4 is 32.7 Å². The van der Waals surface area contributed by atoms with Crippen LogP contribution in [0.2, 0.25) is 0 Å². The molecule has 7 heteroatoms. The molecule has 0 radical (unpaired) electrons. The van der Waals surface area contributed by atoms with Crippen LogP contribution in [-0.2, 0) is 23.1 Å². The lowest BCUT2D eigenvalue weighted by Crippen LogP contribution is -2.15. The number of fused-ring (bicyclic) bond motifs is 1. The van der Waals surface area contributed by atoms with Gasteiger partial charge < -0.3 is 9.88 Å². The molecule has 6 nitrogen and oxygen atoms in total. The molecule has 0 spiro atoms. The molecule has 30 heavy (non-hydrogen) atoms. The molecule has 4 aromatic rings. The summed E-state index contributed by atoms with van der Waals surface area (Å²) in [6.07, 6.45) is 0. The number of rotatable bonds is 7. The minimum atomic E-state index is -3.67. The minimum Gasteiger partial charge on any atom is -0.351 e. The zero-order valence-corrected chi connectivity index (χ0v) is 17.8. The molecule has 1 aromatic heterocycles. The van der Waals surface area contributed by atoms with E-state index in [9.17, 15) is 8.42 Å². The third-order valence-corrected chi connectivity index (χ3v) is 6.38. The Kier molecular flexibility index (Phi) is 5.46. The molecule has 0 aliphatic rings. The van der Waals surface area contributed by atoms with Gasteiger partial charge in [-0.25, -0.2) is 13.4 Å². The molecule has 0 amide bonds. The maximum atomic E-state index is 12.8. The van der Waals surface area contributed by atoms with Crippen LogP contribution >= 0.6 is 0 Å². The van der Waals surface area contributed by atoms with E-state index in [2.05, 4.69) is 26.5 Å². The van der Waals surface area contributed by atoms with Gasteiger partial charge >= 0.3 is 0 Å².